The number of benzene rings is 2. The lowest BCUT2D eigenvalue weighted by Gasteiger charge is -2.05. The van der Waals surface area contributed by atoms with E-state index in [0.717, 1.165) is 15.6 Å². The summed E-state index contributed by atoms with van der Waals surface area (Å²) in [6.45, 7) is 1.89. The van der Waals surface area contributed by atoms with Gasteiger partial charge in [-0.05, 0) is 53.2 Å². The van der Waals surface area contributed by atoms with E-state index in [-0.39, 0.29) is 4.90 Å². The first-order valence-corrected chi connectivity index (χ1v) is 8.65. The van der Waals surface area contributed by atoms with E-state index in [9.17, 15) is 8.42 Å². The zero-order valence-electron chi connectivity index (χ0n) is 12.1. The summed E-state index contributed by atoms with van der Waals surface area (Å²) in [6, 6.07) is 11.9. The van der Waals surface area contributed by atoms with Crippen molar-refractivity contribution in [3.63, 3.8) is 0 Å². The predicted octanol–water partition coefficient (Wildman–Crippen LogP) is 3.08. The van der Waals surface area contributed by atoms with Gasteiger partial charge in [-0.15, -0.1) is 0 Å². The molecule has 0 aliphatic heterocycles. The first kappa shape index (κ1) is 16.5. The van der Waals surface area contributed by atoms with Gasteiger partial charge in [-0.1, -0.05) is 17.7 Å². The van der Waals surface area contributed by atoms with Crippen molar-refractivity contribution in [3.05, 3.63) is 58.1 Å². The van der Waals surface area contributed by atoms with Crippen LogP contribution in [0.2, 0.25) is 0 Å². The summed E-state index contributed by atoms with van der Waals surface area (Å²) >= 11 is 3.37. The van der Waals surface area contributed by atoms with E-state index >= 15 is 0 Å². The summed E-state index contributed by atoms with van der Waals surface area (Å²) in [4.78, 5) is 2.36. The van der Waals surface area contributed by atoms with Crippen molar-refractivity contribution >= 4 is 32.2 Å². The maximum absolute atomic E-state index is 12.1. The van der Waals surface area contributed by atoms with Gasteiger partial charge in [0, 0.05) is 10.0 Å². The third-order valence-corrected chi connectivity index (χ3v) is 4.84. The Kier molecular flexibility index (Phi) is 5.20. The van der Waals surface area contributed by atoms with Crippen LogP contribution in [0.3, 0.4) is 0 Å². The monoisotopic (exact) mass is 382 g/mol. The van der Waals surface area contributed by atoms with E-state index in [1.54, 1.807) is 37.4 Å². The minimum absolute atomic E-state index is 0.170. The van der Waals surface area contributed by atoms with Crippen molar-refractivity contribution in [2.24, 2.45) is 5.10 Å². The van der Waals surface area contributed by atoms with Crippen molar-refractivity contribution in [1.29, 1.82) is 0 Å². The quantitative estimate of drug-likeness (QED) is 0.638. The number of methoxy groups -OCH3 is 1. The molecular weight excluding hydrogens is 368 g/mol. The second-order valence-corrected chi connectivity index (χ2v) is 7.07. The van der Waals surface area contributed by atoms with Gasteiger partial charge in [-0.2, -0.15) is 13.5 Å². The minimum Gasteiger partial charge on any atom is -0.497 e. The SMILES string of the molecule is COc1ccc(/C=N/NS(=O)(=O)c2ccc(C)cc2)c(Br)c1. The van der Waals surface area contributed by atoms with Crippen molar-refractivity contribution < 1.29 is 13.2 Å². The Labute approximate surface area is 138 Å². The van der Waals surface area contributed by atoms with E-state index in [1.807, 2.05) is 6.92 Å². The van der Waals surface area contributed by atoms with Gasteiger partial charge in [0.25, 0.3) is 10.0 Å². The summed E-state index contributed by atoms with van der Waals surface area (Å²) in [6.07, 6.45) is 1.43. The van der Waals surface area contributed by atoms with Crippen molar-refractivity contribution in [2.45, 2.75) is 11.8 Å². The number of halogens is 1. The van der Waals surface area contributed by atoms with Gasteiger partial charge in [0.05, 0.1) is 18.2 Å². The highest BCUT2D eigenvalue weighted by Gasteiger charge is 2.11. The third-order valence-electron chi connectivity index (χ3n) is 2.92. The highest BCUT2D eigenvalue weighted by atomic mass is 79.9. The number of aryl methyl sites for hydroxylation is 1. The third kappa shape index (κ3) is 4.08. The molecule has 0 amide bonds. The molecule has 5 nitrogen and oxygen atoms in total. The van der Waals surface area contributed by atoms with Gasteiger partial charge in [-0.25, -0.2) is 4.83 Å². The molecule has 0 heterocycles. The zero-order valence-corrected chi connectivity index (χ0v) is 14.5. The lowest BCUT2D eigenvalue weighted by molar-refractivity contribution is 0.414. The van der Waals surface area contributed by atoms with E-state index in [1.165, 1.54) is 18.3 Å². The number of nitrogens with one attached hydrogen (secondary N) is 1. The number of sulfonamides is 1. The number of hydrazone groups is 1. The first-order chi connectivity index (χ1) is 10.4. The second-order valence-electron chi connectivity index (χ2n) is 4.55. The molecule has 0 aromatic heterocycles. The Bertz CT molecular complexity index is 787. The molecule has 0 unspecified atom stereocenters. The van der Waals surface area contributed by atoms with Gasteiger partial charge in [0.2, 0.25) is 0 Å². The lowest BCUT2D eigenvalue weighted by atomic mass is 10.2. The number of hydrogen-bond donors (Lipinski definition) is 1. The second kappa shape index (κ2) is 6.93. The van der Waals surface area contributed by atoms with Crippen LogP contribution < -0.4 is 9.57 Å². The maximum atomic E-state index is 12.1. The largest absolute Gasteiger partial charge is 0.497 e. The molecule has 2 rings (SSSR count). The summed E-state index contributed by atoms with van der Waals surface area (Å²) in [5.74, 6) is 0.698. The van der Waals surface area contributed by atoms with Crippen LogP contribution in [0.25, 0.3) is 0 Å². The van der Waals surface area contributed by atoms with Gasteiger partial charge < -0.3 is 4.74 Å². The fourth-order valence-electron chi connectivity index (χ4n) is 1.67. The summed E-state index contributed by atoms with van der Waals surface area (Å²) in [5.41, 5.74) is 1.72. The number of rotatable bonds is 5. The van der Waals surface area contributed by atoms with Crippen LogP contribution in [-0.4, -0.2) is 21.7 Å². The molecule has 0 spiro atoms. The zero-order chi connectivity index (χ0) is 16.2. The summed E-state index contributed by atoms with van der Waals surface area (Å²) < 4.78 is 30.0. The fourth-order valence-corrected chi connectivity index (χ4v) is 2.93. The molecule has 0 saturated carbocycles. The van der Waals surface area contributed by atoms with Crippen molar-refractivity contribution in [2.75, 3.05) is 7.11 Å². The van der Waals surface area contributed by atoms with E-state index in [0.29, 0.717) is 5.75 Å². The molecular formula is C15H15BrN2O3S. The molecule has 1 N–H and O–H groups in total. The van der Waals surface area contributed by atoms with Crippen molar-refractivity contribution in [3.8, 4) is 5.75 Å². The van der Waals surface area contributed by atoms with Gasteiger partial charge in [0.1, 0.15) is 5.75 Å². The van der Waals surface area contributed by atoms with Crippen LogP contribution >= 0.6 is 15.9 Å². The predicted molar refractivity (Wildman–Crippen MR) is 89.8 cm³/mol. The Morgan fingerprint density at radius 1 is 1.18 bits per heavy atom. The molecule has 0 radical (unpaired) electrons. The van der Waals surface area contributed by atoms with Gasteiger partial charge in [-0.3, -0.25) is 0 Å². The molecule has 116 valence electrons. The topological polar surface area (TPSA) is 67.8 Å². The molecule has 0 fully saturated rings. The van der Waals surface area contributed by atoms with E-state index in [4.69, 9.17) is 4.74 Å². The standard InChI is InChI=1S/C15H15BrN2O3S/c1-11-3-7-14(8-4-11)22(19,20)18-17-10-12-5-6-13(21-2)9-15(12)16/h3-10,18H,1-2H3/b17-10+. The summed E-state index contributed by atoms with van der Waals surface area (Å²) in [7, 11) is -2.09. The molecule has 7 heteroatoms. The Morgan fingerprint density at radius 2 is 1.86 bits per heavy atom. The molecule has 0 atom stereocenters. The molecule has 0 aliphatic carbocycles. The molecule has 0 saturated heterocycles. The number of nitrogens with zero attached hydrogens (tertiary/aromatic N) is 1. The number of hydrogen-bond acceptors (Lipinski definition) is 4. The van der Waals surface area contributed by atoms with Crippen LogP contribution in [0.15, 0.2) is 56.9 Å². The maximum Gasteiger partial charge on any atom is 0.276 e. The van der Waals surface area contributed by atoms with E-state index < -0.39 is 10.0 Å². The van der Waals surface area contributed by atoms with Crippen LogP contribution in [0.5, 0.6) is 5.75 Å². The first-order valence-electron chi connectivity index (χ1n) is 6.37. The van der Waals surface area contributed by atoms with E-state index in [2.05, 4.69) is 25.9 Å². The van der Waals surface area contributed by atoms with Crippen LogP contribution in [0, 0.1) is 6.92 Å². The van der Waals surface area contributed by atoms with Gasteiger partial charge >= 0.3 is 0 Å². The Morgan fingerprint density at radius 3 is 2.45 bits per heavy atom. The van der Waals surface area contributed by atoms with Gasteiger partial charge in [0.15, 0.2) is 0 Å². The van der Waals surface area contributed by atoms with Crippen molar-refractivity contribution in [1.82, 2.24) is 4.83 Å². The van der Waals surface area contributed by atoms with Crippen LogP contribution in [0.4, 0.5) is 0 Å². The fraction of sp³-hybridized carbons (Fsp3) is 0.133. The Balaban J connectivity index is 2.13. The highest BCUT2D eigenvalue weighted by Crippen LogP contribution is 2.21. The molecule has 22 heavy (non-hydrogen) atoms. The summed E-state index contributed by atoms with van der Waals surface area (Å²) in [5, 5.41) is 3.79. The normalized spacial score (nSPS) is 11.6. The van der Waals surface area contributed by atoms with Crippen LogP contribution in [-0.2, 0) is 10.0 Å². The Hall–Kier alpha value is -1.86. The molecule has 2 aromatic carbocycles. The lowest BCUT2D eigenvalue weighted by Crippen LogP contribution is -2.18. The average Bonchev–Trinajstić information content (AvgIpc) is 2.49. The molecule has 0 aliphatic rings. The average molecular weight is 383 g/mol. The molecule has 2 aromatic rings. The number of ether oxygens (including phenoxy) is 1. The van der Waals surface area contributed by atoms with Crippen LogP contribution in [0.1, 0.15) is 11.1 Å². The highest BCUT2D eigenvalue weighted by molar-refractivity contribution is 9.10. The molecule has 0 bridgehead atoms. The minimum atomic E-state index is -3.66. The smallest absolute Gasteiger partial charge is 0.276 e.